The SMILES string of the molecule is Cc1oc(C)c(C(=O)N(C)Cc2cccc(CN)c2)c1C. The maximum absolute atomic E-state index is 12.6. The van der Waals surface area contributed by atoms with Crippen molar-refractivity contribution in [1.82, 2.24) is 4.90 Å². The summed E-state index contributed by atoms with van der Waals surface area (Å²) in [6.45, 7) is 6.68. The summed E-state index contributed by atoms with van der Waals surface area (Å²) in [5, 5.41) is 0. The minimum absolute atomic E-state index is 0.0139. The molecule has 0 saturated carbocycles. The van der Waals surface area contributed by atoms with Crippen molar-refractivity contribution < 1.29 is 9.21 Å². The summed E-state index contributed by atoms with van der Waals surface area (Å²) >= 11 is 0. The minimum atomic E-state index is -0.0139. The topological polar surface area (TPSA) is 59.5 Å². The highest BCUT2D eigenvalue weighted by atomic mass is 16.3. The predicted molar refractivity (Wildman–Crippen MR) is 83.0 cm³/mol. The fourth-order valence-electron chi connectivity index (χ4n) is 2.50. The molecule has 0 radical (unpaired) electrons. The zero-order chi connectivity index (χ0) is 15.6. The van der Waals surface area contributed by atoms with E-state index in [4.69, 9.17) is 10.2 Å². The van der Waals surface area contributed by atoms with E-state index in [-0.39, 0.29) is 5.91 Å². The van der Waals surface area contributed by atoms with Crippen LogP contribution in [0, 0.1) is 20.8 Å². The molecular formula is C17H22N2O2. The Kier molecular flexibility index (Phi) is 4.48. The van der Waals surface area contributed by atoms with Gasteiger partial charge in [0.2, 0.25) is 0 Å². The molecule has 2 aromatic rings. The second kappa shape index (κ2) is 6.14. The third-order valence-corrected chi connectivity index (χ3v) is 3.77. The van der Waals surface area contributed by atoms with Crippen LogP contribution in [0.25, 0.3) is 0 Å². The molecule has 21 heavy (non-hydrogen) atoms. The third-order valence-electron chi connectivity index (χ3n) is 3.77. The standard InChI is InChI=1S/C17H22N2O2/c1-11-12(2)21-13(3)16(11)17(20)19(4)10-15-7-5-6-14(8-15)9-18/h5-8H,9-10,18H2,1-4H3. The number of benzene rings is 1. The molecule has 112 valence electrons. The normalized spacial score (nSPS) is 10.7. The van der Waals surface area contributed by atoms with Gasteiger partial charge in [0.25, 0.3) is 5.91 Å². The highest BCUT2D eigenvalue weighted by Gasteiger charge is 2.21. The fourth-order valence-corrected chi connectivity index (χ4v) is 2.50. The second-order valence-electron chi connectivity index (χ2n) is 5.40. The Morgan fingerprint density at radius 1 is 1.19 bits per heavy atom. The van der Waals surface area contributed by atoms with Crippen LogP contribution >= 0.6 is 0 Å². The van der Waals surface area contributed by atoms with Crippen molar-refractivity contribution in [2.75, 3.05) is 7.05 Å². The minimum Gasteiger partial charge on any atom is -0.466 e. The Bertz CT molecular complexity index is 659. The Morgan fingerprint density at radius 3 is 2.43 bits per heavy atom. The molecule has 1 heterocycles. The summed E-state index contributed by atoms with van der Waals surface area (Å²) in [6.07, 6.45) is 0. The second-order valence-corrected chi connectivity index (χ2v) is 5.40. The lowest BCUT2D eigenvalue weighted by Gasteiger charge is -2.18. The Labute approximate surface area is 125 Å². The van der Waals surface area contributed by atoms with Gasteiger partial charge in [-0.2, -0.15) is 0 Å². The highest BCUT2D eigenvalue weighted by Crippen LogP contribution is 2.22. The van der Waals surface area contributed by atoms with Crippen molar-refractivity contribution in [3.8, 4) is 0 Å². The maximum atomic E-state index is 12.6. The Hall–Kier alpha value is -2.07. The average Bonchev–Trinajstić information content (AvgIpc) is 2.71. The first-order chi connectivity index (χ1) is 9.93. The van der Waals surface area contributed by atoms with Crippen LogP contribution in [0.3, 0.4) is 0 Å². The fraction of sp³-hybridized carbons (Fsp3) is 0.353. The molecule has 1 aromatic carbocycles. The molecule has 1 aromatic heterocycles. The highest BCUT2D eigenvalue weighted by molar-refractivity contribution is 5.96. The van der Waals surface area contributed by atoms with E-state index in [1.165, 1.54) is 0 Å². The molecule has 0 aliphatic carbocycles. The molecular weight excluding hydrogens is 264 g/mol. The van der Waals surface area contributed by atoms with E-state index < -0.39 is 0 Å². The predicted octanol–water partition coefficient (Wildman–Crippen LogP) is 2.94. The van der Waals surface area contributed by atoms with Gasteiger partial charge >= 0.3 is 0 Å². The van der Waals surface area contributed by atoms with E-state index >= 15 is 0 Å². The van der Waals surface area contributed by atoms with Gasteiger partial charge in [-0.15, -0.1) is 0 Å². The summed E-state index contributed by atoms with van der Waals surface area (Å²) in [5.74, 6) is 1.46. The van der Waals surface area contributed by atoms with Gasteiger partial charge in [-0.3, -0.25) is 4.79 Å². The smallest absolute Gasteiger partial charge is 0.257 e. The summed E-state index contributed by atoms with van der Waals surface area (Å²) in [5.41, 5.74) is 9.38. The number of hydrogen-bond donors (Lipinski definition) is 1. The molecule has 0 bridgehead atoms. The monoisotopic (exact) mass is 286 g/mol. The van der Waals surface area contributed by atoms with Crippen LogP contribution in [0.2, 0.25) is 0 Å². The molecule has 0 aliphatic heterocycles. The van der Waals surface area contributed by atoms with Gasteiger partial charge < -0.3 is 15.1 Å². The molecule has 4 nitrogen and oxygen atoms in total. The Balaban J connectivity index is 2.19. The summed E-state index contributed by atoms with van der Waals surface area (Å²) < 4.78 is 5.54. The van der Waals surface area contributed by atoms with E-state index in [1.807, 2.05) is 45.0 Å². The van der Waals surface area contributed by atoms with Gasteiger partial charge in [-0.25, -0.2) is 0 Å². The summed E-state index contributed by atoms with van der Waals surface area (Å²) in [7, 11) is 1.80. The molecule has 0 aliphatic rings. The first-order valence-corrected chi connectivity index (χ1v) is 7.04. The van der Waals surface area contributed by atoms with Crippen molar-refractivity contribution in [3.05, 3.63) is 58.0 Å². The van der Waals surface area contributed by atoms with Crippen LogP contribution in [0.5, 0.6) is 0 Å². The van der Waals surface area contributed by atoms with Gasteiger partial charge in [0.15, 0.2) is 0 Å². The van der Waals surface area contributed by atoms with E-state index in [1.54, 1.807) is 11.9 Å². The molecule has 1 amide bonds. The number of nitrogens with two attached hydrogens (primary N) is 1. The van der Waals surface area contributed by atoms with E-state index in [9.17, 15) is 4.79 Å². The Morgan fingerprint density at radius 2 is 1.86 bits per heavy atom. The van der Waals surface area contributed by atoms with Crippen molar-refractivity contribution in [1.29, 1.82) is 0 Å². The van der Waals surface area contributed by atoms with E-state index in [0.717, 1.165) is 22.5 Å². The number of furan rings is 1. The van der Waals surface area contributed by atoms with Gasteiger partial charge in [-0.1, -0.05) is 24.3 Å². The zero-order valence-corrected chi connectivity index (χ0v) is 13.1. The molecule has 0 unspecified atom stereocenters. The molecule has 0 atom stereocenters. The molecule has 4 heteroatoms. The van der Waals surface area contributed by atoms with Gasteiger partial charge in [-0.05, 0) is 31.9 Å². The van der Waals surface area contributed by atoms with Gasteiger partial charge in [0.05, 0.1) is 5.56 Å². The lowest BCUT2D eigenvalue weighted by Crippen LogP contribution is -2.27. The van der Waals surface area contributed by atoms with Crippen LogP contribution in [-0.4, -0.2) is 17.9 Å². The lowest BCUT2D eigenvalue weighted by molar-refractivity contribution is 0.0782. The molecule has 2 rings (SSSR count). The number of rotatable bonds is 4. The van der Waals surface area contributed by atoms with Crippen LogP contribution < -0.4 is 5.73 Å². The summed E-state index contributed by atoms with van der Waals surface area (Å²) in [4.78, 5) is 14.3. The number of aryl methyl sites for hydroxylation is 2. The van der Waals surface area contributed by atoms with Crippen LogP contribution in [0.4, 0.5) is 0 Å². The third kappa shape index (κ3) is 3.16. The first-order valence-electron chi connectivity index (χ1n) is 7.04. The zero-order valence-electron chi connectivity index (χ0n) is 13.1. The first kappa shape index (κ1) is 15.3. The molecule has 0 spiro atoms. The van der Waals surface area contributed by atoms with Crippen LogP contribution in [0.15, 0.2) is 28.7 Å². The van der Waals surface area contributed by atoms with Crippen LogP contribution in [-0.2, 0) is 13.1 Å². The number of hydrogen-bond acceptors (Lipinski definition) is 3. The average molecular weight is 286 g/mol. The molecule has 0 fully saturated rings. The quantitative estimate of drug-likeness (QED) is 0.940. The van der Waals surface area contributed by atoms with E-state index in [0.29, 0.717) is 24.4 Å². The molecule has 2 N–H and O–H groups in total. The maximum Gasteiger partial charge on any atom is 0.257 e. The number of amides is 1. The largest absolute Gasteiger partial charge is 0.466 e. The van der Waals surface area contributed by atoms with Gasteiger partial charge in [0, 0.05) is 25.7 Å². The lowest BCUT2D eigenvalue weighted by atomic mass is 10.1. The van der Waals surface area contributed by atoms with Crippen molar-refractivity contribution in [3.63, 3.8) is 0 Å². The number of carbonyl (C=O) groups is 1. The number of nitrogens with zero attached hydrogens (tertiary/aromatic N) is 1. The van der Waals surface area contributed by atoms with Gasteiger partial charge in [0.1, 0.15) is 11.5 Å². The number of carbonyl (C=O) groups excluding carboxylic acids is 1. The summed E-state index contributed by atoms with van der Waals surface area (Å²) in [6, 6.07) is 7.99. The van der Waals surface area contributed by atoms with Crippen LogP contribution in [0.1, 0.15) is 38.6 Å². The molecule has 0 saturated heterocycles. The van der Waals surface area contributed by atoms with E-state index in [2.05, 4.69) is 0 Å². The van der Waals surface area contributed by atoms with Crippen molar-refractivity contribution in [2.45, 2.75) is 33.9 Å². The van der Waals surface area contributed by atoms with Crippen molar-refractivity contribution >= 4 is 5.91 Å². The van der Waals surface area contributed by atoms with Crippen molar-refractivity contribution in [2.24, 2.45) is 5.73 Å².